The van der Waals surface area contributed by atoms with E-state index in [2.05, 4.69) is 19.9 Å². The van der Waals surface area contributed by atoms with E-state index in [4.69, 9.17) is 3.07 Å². The van der Waals surface area contributed by atoms with Crippen LogP contribution in [0.1, 0.15) is 11.1 Å². The molecule has 0 unspecified atom stereocenters. The second kappa shape index (κ2) is 3.23. The van der Waals surface area contributed by atoms with Crippen molar-refractivity contribution in [1.82, 2.24) is 0 Å². The summed E-state index contributed by atoms with van der Waals surface area (Å²) in [6.45, 7) is 4.12. The minimum Gasteiger partial charge on any atom is -0.428 e. The van der Waals surface area contributed by atoms with Crippen LogP contribution in [-0.2, 0) is 0 Å². The van der Waals surface area contributed by atoms with Gasteiger partial charge in [0.25, 0.3) is 0 Å². The lowest BCUT2D eigenvalue weighted by molar-refractivity contribution is 0.715. The highest BCUT2D eigenvalue weighted by molar-refractivity contribution is 14.1. The molecule has 1 aromatic carbocycles. The first-order chi connectivity index (χ1) is 4.72. The van der Waals surface area contributed by atoms with Crippen molar-refractivity contribution < 1.29 is 3.07 Å². The average molecular weight is 248 g/mol. The van der Waals surface area contributed by atoms with Crippen molar-refractivity contribution in [1.29, 1.82) is 0 Å². The molecule has 54 valence electrons. The van der Waals surface area contributed by atoms with E-state index in [1.807, 2.05) is 35.1 Å². The Bertz CT molecular complexity index is 212. The van der Waals surface area contributed by atoms with Gasteiger partial charge < -0.3 is 3.07 Å². The molecule has 10 heavy (non-hydrogen) atoms. The maximum atomic E-state index is 5.05. The van der Waals surface area contributed by atoms with Crippen molar-refractivity contribution in [3.05, 3.63) is 29.3 Å². The highest BCUT2D eigenvalue weighted by Crippen LogP contribution is 2.17. The van der Waals surface area contributed by atoms with Gasteiger partial charge in [0.1, 0.15) is 5.75 Å². The third kappa shape index (κ3) is 1.87. The maximum absolute atomic E-state index is 5.05. The SMILES string of the molecule is Cc1cc(C)cc(OI)c1. The minimum atomic E-state index is 0.929. The summed E-state index contributed by atoms with van der Waals surface area (Å²) in [7, 11) is 0. The fourth-order valence-corrected chi connectivity index (χ4v) is 1.23. The first-order valence-corrected chi connectivity index (χ1v) is 3.97. The number of hydrogen-bond donors (Lipinski definition) is 0. The molecule has 0 radical (unpaired) electrons. The molecule has 1 aromatic rings. The van der Waals surface area contributed by atoms with Gasteiger partial charge in [0.2, 0.25) is 0 Å². The van der Waals surface area contributed by atoms with E-state index >= 15 is 0 Å². The normalized spacial score (nSPS) is 9.50. The number of benzene rings is 1. The van der Waals surface area contributed by atoms with Crippen LogP contribution in [-0.4, -0.2) is 0 Å². The second-order valence-electron chi connectivity index (χ2n) is 2.40. The van der Waals surface area contributed by atoms with Gasteiger partial charge in [-0.1, -0.05) is 6.07 Å². The van der Waals surface area contributed by atoms with Crippen molar-refractivity contribution in [3.8, 4) is 5.75 Å². The van der Waals surface area contributed by atoms with Crippen LogP contribution in [0.4, 0.5) is 0 Å². The summed E-state index contributed by atoms with van der Waals surface area (Å²) < 4.78 is 5.05. The van der Waals surface area contributed by atoms with Crippen molar-refractivity contribution >= 4 is 23.0 Å². The van der Waals surface area contributed by atoms with Crippen molar-refractivity contribution in [2.24, 2.45) is 0 Å². The van der Waals surface area contributed by atoms with E-state index < -0.39 is 0 Å². The van der Waals surface area contributed by atoms with Crippen LogP contribution in [0.25, 0.3) is 0 Å². The molecule has 0 aliphatic heterocycles. The Morgan fingerprint density at radius 2 is 1.60 bits per heavy atom. The molecule has 0 saturated heterocycles. The lowest BCUT2D eigenvalue weighted by Crippen LogP contribution is -1.79. The zero-order valence-electron chi connectivity index (χ0n) is 6.02. The van der Waals surface area contributed by atoms with Gasteiger partial charge in [-0.3, -0.25) is 0 Å². The van der Waals surface area contributed by atoms with E-state index in [9.17, 15) is 0 Å². The summed E-state index contributed by atoms with van der Waals surface area (Å²) >= 11 is 1.89. The Morgan fingerprint density at radius 1 is 1.10 bits per heavy atom. The molecule has 0 aliphatic rings. The topological polar surface area (TPSA) is 9.23 Å². The predicted molar refractivity (Wildman–Crippen MR) is 50.6 cm³/mol. The van der Waals surface area contributed by atoms with Crippen molar-refractivity contribution in [2.75, 3.05) is 0 Å². The molecule has 0 atom stereocenters. The highest BCUT2D eigenvalue weighted by Gasteiger charge is 1.93. The third-order valence-corrected chi connectivity index (χ3v) is 1.79. The van der Waals surface area contributed by atoms with Crippen LogP contribution in [0.5, 0.6) is 5.75 Å². The zero-order valence-corrected chi connectivity index (χ0v) is 8.18. The van der Waals surface area contributed by atoms with Crippen molar-refractivity contribution in [2.45, 2.75) is 13.8 Å². The van der Waals surface area contributed by atoms with Crippen LogP contribution in [0.3, 0.4) is 0 Å². The average Bonchev–Trinajstić information content (AvgIpc) is 1.85. The van der Waals surface area contributed by atoms with E-state index in [0.29, 0.717) is 0 Å². The largest absolute Gasteiger partial charge is 0.428 e. The van der Waals surface area contributed by atoms with E-state index in [0.717, 1.165) is 5.75 Å². The Balaban J connectivity index is 3.06. The Hall–Kier alpha value is -0.250. The summed E-state index contributed by atoms with van der Waals surface area (Å²) in [5, 5.41) is 0. The molecule has 0 spiro atoms. The van der Waals surface area contributed by atoms with Crippen LogP contribution in [0, 0.1) is 13.8 Å². The Morgan fingerprint density at radius 3 is 2.00 bits per heavy atom. The molecular formula is C8H9IO. The van der Waals surface area contributed by atoms with Gasteiger partial charge in [0.15, 0.2) is 23.0 Å². The number of halogens is 1. The molecule has 1 rings (SSSR count). The van der Waals surface area contributed by atoms with Gasteiger partial charge in [0.05, 0.1) is 0 Å². The predicted octanol–water partition coefficient (Wildman–Crippen LogP) is 3.03. The summed E-state index contributed by atoms with van der Waals surface area (Å²) in [4.78, 5) is 0. The van der Waals surface area contributed by atoms with E-state index in [1.54, 1.807) is 0 Å². The van der Waals surface area contributed by atoms with Gasteiger partial charge in [-0.05, 0) is 37.1 Å². The molecule has 2 heteroatoms. The fourth-order valence-electron chi connectivity index (χ4n) is 0.977. The number of rotatable bonds is 1. The summed E-state index contributed by atoms with van der Waals surface area (Å²) in [6.07, 6.45) is 0. The fraction of sp³-hybridized carbons (Fsp3) is 0.250. The standard InChI is InChI=1S/C8H9IO/c1-6-3-7(2)5-8(4-6)10-9/h3-5H,1-2H3. The summed E-state index contributed by atoms with van der Waals surface area (Å²) in [5.74, 6) is 0.929. The lowest BCUT2D eigenvalue weighted by atomic mass is 10.1. The molecule has 0 saturated carbocycles. The number of hydrogen-bond acceptors (Lipinski definition) is 1. The van der Waals surface area contributed by atoms with Crippen LogP contribution >= 0.6 is 23.0 Å². The third-order valence-electron chi connectivity index (χ3n) is 1.28. The van der Waals surface area contributed by atoms with E-state index in [1.165, 1.54) is 11.1 Å². The lowest BCUT2D eigenvalue weighted by Gasteiger charge is -1.99. The molecule has 1 nitrogen and oxygen atoms in total. The molecular weight excluding hydrogens is 239 g/mol. The second-order valence-corrected chi connectivity index (χ2v) is 2.84. The summed E-state index contributed by atoms with van der Waals surface area (Å²) in [5.41, 5.74) is 2.48. The Labute approximate surface area is 75.1 Å². The molecule has 0 N–H and O–H groups in total. The smallest absolute Gasteiger partial charge is 0.192 e. The molecule has 0 amide bonds. The van der Waals surface area contributed by atoms with Gasteiger partial charge in [0, 0.05) is 0 Å². The quantitative estimate of drug-likeness (QED) is 0.694. The van der Waals surface area contributed by atoms with Gasteiger partial charge in [-0.25, -0.2) is 0 Å². The van der Waals surface area contributed by atoms with E-state index in [-0.39, 0.29) is 0 Å². The van der Waals surface area contributed by atoms with Gasteiger partial charge in [-0.2, -0.15) is 0 Å². The molecule has 0 bridgehead atoms. The monoisotopic (exact) mass is 248 g/mol. The molecule has 0 fully saturated rings. The van der Waals surface area contributed by atoms with Crippen LogP contribution in [0.15, 0.2) is 18.2 Å². The molecule has 0 aromatic heterocycles. The zero-order chi connectivity index (χ0) is 7.56. The van der Waals surface area contributed by atoms with Crippen LogP contribution < -0.4 is 3.07 Å². The first kappa shape index (κ1) is 7.85. The molecule has 0 aliphatic carbocycles. The van der Waals surface area contributed by atoms with Gasteiger partial charge in [-0.15, -0.1) is 0 Å². The van der Waals surface area contributed by atoms with Gasteiger partial charge >= 0.3 is 0 Å². The summed E-state index contributed by atoms with van der Waals surface area (Å²) in [6, 6.07) is 6.15. The molecule has 0 heterocycles. The number of aryl methyl sites for hydroxylation is 2. The Kier molecular flexibility index (Phi) is 2.54. The first-order valence-electron chi connectivity index (χ1n) is 3.09. The van der Waals surface area contributed by atoms with Crippen molar-refractivity contribution in [3.63, 3.8) is 0 Å². The maximum Gasteiger partial charge on any atom is 0.192 e. The highest BCUT2D eigenvalue weighted by atomic mass is 127. The van der Waals surface area contributed by atoms with Crippen LogP contribution in [0.2, 0.25) is 0 Å². The minimum absolute atomic E-state index is 0.929.